The van der Waals surface area contributed by atoms with Gasteiger partial charge in [-0.25, -0.2) is 0 Å². The number of para-hydroxylation sites is 1. The molecule has 35 heavy (non-hydrogen) atoms. The van der Waals surface area contributed by atoms with Crippen LogP contribution in [0.3, 0.4) is 0 Å². The number of nitrogens with zero attached hydrogens (tertiary/aromatic N) is 2. The largest absolute Gasteiger partial charge is 0.352 e. The van der Waals surface area contributed by atoms with Crippen LogP contribution in [0.2, 0.25) is 0 Å². The van der Waals surface area contributed by atoms with E-state index >= 15 is 0 Å². The Labute approximate surface area is 207 Å². The number of carbonyl (C=O) groups excluding carboxylic acids is 2. The summed E-state index contributed by atoms with van der Waals surface area (Å²) in [7, 11) is 0. The Morgan fingerprint density at radius 2 is 1.69 bits per heavy atom. The van der Waals surface area contributed by atoms with Crippen LogP contribution >= 0.6 is 0 Å². The standard InChI is InChI=1S/C30H33N3O2/c1-3-8-21(2)20-33-27-12-7-6-11-25(27)19-28(33)30(35)32-15-13-22(14-16-32)29(34)31-26-17-23-9-4-5-10-24(23)18-26/h3-12,19,22,26H,2,13-18,20H2,1H3,(H,31,34)/b8-3-. The molecule has 1 fully saturated rings. The van der Waals surface area contributed by atoms with Crippen LogP contribution in [-0.2, 0) is 24.2 Å². The van der Waals surface area contributed by atoms with E-state index < -0.39 is 0 Å². The van der Waals surface area contributed by atoms with E-state index in [-0.39, 0.29) is 23.8 Å². The summed E-state index contributed by atoms with van der Waals surface area (Å²) < 4.78 is 2.07. The van der Waals surface area contributed by atoms with Crippen molar-refractivity contribution in [2.45, 2.75) is 45.2 Å². The number of piperidine rings is 1. The molecule has 1 N–H and O–H groups in total. The van der Waals surface area contributed by atoms with Gasteiger partial charge in [-0.3, -0.25) is 9.59 Å². The number of allylic oxidation sites excluding steroid dienone is 3. The molecule has 0 unspecified atom stereocenters. The number of hydrogen-bond acceptors (Lipinski definition) is 2. The molecule has 1 aromatic heterocycles. The Morgan fingerprint density at radius 3 is 2.37 bits per heavy atom. The minimum atomic E-state index is -0.0388. The maximum absolute atomic E-state index is 13.6. The van der Waals surface area contributed by atoms with E-state index in [2.05, 4.69) is 40.7 Å². The average Bonchev–Trinajstić information content (AvgIpc) is 3.45. The summed E-state index contributed by atoms with van der Waals surface area (Å²) >= 11 is 0. The van der Waals surface area contributed by atoms with Gasteiger partial charge in [0.05, 0.1) is 0 Å². The van der Waals surface area contributed by atoms with Crippen molar-refractivity contribution in [2.24, 2.45) is 5.92 Å². The van der Waals surface area contributed by atoms with Gasteiger partial charge < -0.3 is 14.8 Å². The molecule has 0 bridgehead atoms. The maximum atomic E-state index is 13.6. The molecule has 0 saturated carbocycles. The zero-order chi connectivity index (χ0) is 24.4. The number of amides is 2. The summed E-state index contributed by atoms with van der Waals surface area (Å²) in [4.78, 5) is 28.4. The highest BCUT2D eigenvalue weighted by atomic mass is 16.2. The first-order valence-corrected chi connectivity index (χ1v) is 12.6. The van der Waals surface area contributed by atoms with E-state index in [0.717, 1.165) is 29.3 Å². The summed E-state index contributed by atoms with van der Waals surface area (Å²) in [5.74, 6) is 0.120. The van der Waals surface area contributed by atoms with Crippen LogP contribution in [0.4, 0.5) is 0 Å². The molecule has 2 aliphatic rings. The Morgan fingerprint density at radius 1 is 1.03 bits per heavy atom. The second-order valence-electron chi connectivity index (χ2n) is 9.78. The number of rotatable bonds is 6. The van der Waals surface area contributed by atoms with Gasteiger partial charge in [0.25, 0.3) is 5.91 Å². The molecule has 3 aromatic rings. The molecule has 0 radical (unpaired) electrons. The lowest BCUT2D eigenvalue weighted by Gasteiger charge is -2.32. The lowest BCUT2D eigenvalue weighted by atomic mass is 9.95. The highest BCUT2D eigenvalue weighted by molar-refractivity contribution is 5.99. The third-order valence-corrected chi connectivity index (χ3v) is 7.34. The van der Waals surface area contributed by atoms with Crippen LogP contribution in [0, 0.1) is 5.92 Å². The lowest BCUT2D eigenvalue weighted by Crippen LogP contribution is -2.45. The lowest BCUT2D eigenvalue weighted by molar-refractivity contribution is -0.126. The summed E-state index contributed by atoms with van der Waals surface area (Å²) in [6.07, 6.45) is 7.15. The van der Waals surface area contributed by atoms with Crippen molar-refractivity contribution in [3.63, 3.8) is 0 Å². The Kier molecular flexibility index (Phi) is 6.58. The Bertz CT molecular complexity index is 1270. The molecule has 180 valence electrons. The van der Waals surface area contributed by atoms with Gasteiger partial charge in [0.2, 0.25) is 5.91 Å². The molecule has 0 spiro atoms. The molecule has 2 aromatic carbocycles. The van der Waals surface area contributed by atoms with Gasteiger partial charge >= 0.3 is 0 Å². The van der Waals surface area contributed by atoms with Gasteiger partial charge in [-0.05, 0) is 61.4 Å². The van der Waals surface area contributed by atoms with Crippen LogP contribution in [0.15, 0.2) is 78.9 Å². The van der Waals surface area contributed by atoms with E-state index in [4.69, 9.17) is 0 Å². The SMILES string of the molecule is C=C(/C=C\C)Cn1c(C(=O)N2CCC(C(=O)NC3Cc4ccccc4C3)CC2)cc2ccccc21. The number of fused-ring (bicyclic) bond motifs is 2. The minimum Gasteiger partial charge on any atom is -0.352 e. The second-order valence-corrected chi connectivity index (χ2v) is 9.78. The summed E-state index contributed by atoms with van der Waals surface area (Å²) in [6.45, 7) is 7.88. The van der Waals surface area contributed by atoms with Crippen molar-refractivity contribution < 1.29 is 9.59 Å². The predicted molar refractivity (Wildman–Crippen MR) is 140 cm³/mol. The van der Waals surface area contributed by atoms with Crippen molar-refractivity contribution in [1.82, 2.24) is 14.8 Å². The quantitative estimate of drug-likeness (QED) is 0.524. The normalized spacial score (nSPS) is 16.7. The smallest absolute Gasteiger partial charge is 0.270 e. The maximum Gasteiger partial charge on any atom is 0.270 e. The van der Waals surface area contributed by atoms with Gasteiger partial charge in [0, 0.05) is 42.5 Å². The first-order valence-electron chi connectivity index (χ1n) is 12.6. The van der Waals surface area contributed by atoms with E-state index in [1.54, 1.807) is 0 Å². The molecule has 2 amide bonds. The van der Waals surface area contributed by atoms with Gasteiger partial charge in [-0.2, -0.15) is 0 Å². The zero-order valence-electron chi connectivity index (χ0n) is 20.4. The fraction of sp³-hybridized carbons (Fsp3) is 0.333. The van der Waals surface area contributed by atoms with Crippen LogP contribution < -0.4 is 5.32 Å². The van der Waals surface area contributed by atoms with Crippen LogP contribution in [0.25, 0.3) is 10.9 Å². The second kappa shape index (κ2) is 9.95. The Hall–Kier alpha value is -3.60. The van der Waals surface area contributed by atoms with Crippen molar-refractivity contribution in [3.05, 3.63) is 95.7 Å². The zero-order valence-corrected chi connectivity index (χ0v) is 20.4. The molecule has 1 aliphatic carbocycles. The molecule has 2 heterocycles. The predicted octanol–water partition coefficient (Wildman–Crippen LogP) is 4.91. The number of likely N-dealkylation sites (tertiary alicyclic amines) is 1. The van der Waals surface area contributed by atoms with Gasteiger partial charge in [0.1, 0.15) is 5.69 Å². The molecular formula is C30H33N3O2. The highest BCUT2D eigenvalue weighted by Gasteiger charge is 2.31. The van der Waals surface area contributed by atoms with Gasteiger partial charge in [-0.1, -0.05) is 61.2 Å². The third-order valence-electron chi connectivity index (χ3n) is 7.34. The highest BCUT2D eigenvalue weighted by Crippen LogP contribution is 2.26. The molecule has 1 saturated heterocycles. The van der Waals surface area contributed by atoms with Gasteiger partial charge in [-0.15, -0.1) is 0 Å². The number of carbonyl (C=O) groups is 2. The van der Waals surface area contributed by atoms with E-state index in [1.165, 1.54) is 11.1 Å². The molecule has 5 nitrogen and oxygen atoms in total. The molecule has 5 rings (SSSR count). The van der Waals surface area contributed by atoms with Crippen molar-refractivity contribution in [3.8, 4) is 0 Å². The monoisotopic (exact) mass is 467 g/mol. The van der Waals surface area contributed by atoms with E-state index in [9.17, 15) is 9.59 Å². The van der Waals surface area contributed by atoms with E-state index in [0.29, 0.717) is 38.2 Å². The third kappa shape index (κ3) is 4.81. The van der Waals surface area contributed by atoms with Crippen molar-refractivity contribution in [2.75, 3.05) is 13.1 Å². The van der Waals surface area contributed by atoms with Crippen molar-refractivity contribution in [1.29, 1.82) is 0 Å². The first-order chi connectivity index (χ1) is 17.0. The van der Waals surface area contributed by atoms with E-state index in [1.807, 2.05) is 54.3 Å². The number of benzene rings is 2. The Balaban J connectivity index is 1.23. The average molecular weight is 468 g/mol. The number of hydrogen-bond donors (Lipinski definition) is 1. The molecular weight excluding hydrogens is 434 g/mol. The first kappa shape index (κ1) is 23.2. The molecule has 1 aliphatic heterocycles. The fourth-order valence-electron chi connectivity index (χ4n) is 5.54. The van der Waals surface area contributed by atoms with Crippen LogP contribution in [0.5, 0.6) is 0 Å². The molecule has 5 heteroatoms. The fourth-order valence-corrected chi connectivity index (χ4v) is 5.54. The summed E-state index contributed by atoms with van der Waals surface area (Å²) in [5.41, 5.74) is 5.35. The topological polar surface area (TPSA) is 54.3 Å². The van der Waals surface area contributed by atoms with Crippen LogP contribution in [-0.4, -0.2) is 40.4 Å². The van der Waals surface area contributed by atoms with Crippen LogP contribution in [0.1, 0.15) is 41.4 Å². The molecule has 0 atom stereocenters. The van der Waals surface area contributed by atoms with Gasteiger partial charge in [0.15, 0.2) is 0 Å². The number of nitrogens with one attached hydrogen (secondary N) is 1. The summed E-state index contributed by atoms with van der Waals surface area (Å²) in [6, 6.07) is 18.7. The summed E-state index contributed by atoms with van der Waals surface area (Å²) in [5, 5.41) is 4.32. The minimum absolute atomic E-state index is 0.0274. The van der Waals surface area contributed by atoms with Crippen molar-refractivity contribution >= 4 is 22.7 Å². The number of aromatic nitrogens is 1.